The van der Waals surface area contributed by atoms with Gasteiger partial charge in [0.05, 0.1) is 10.7 Å². The number of halogens is 1. The summed E-state index contributed by atoms with van der Waals surface area (Å²) in [6.07, 6.45) is 4.65. The lowest BCUT2D eigenvalue weighted by Gasteiger charge is -2.09. The standard InChI is InChI=1S/C13H16ClN3/c1-10-3-4-11(14)12(9-10)15-6-5-13-16-7-8-17(13)2/h3-4,7-9,15H,5-6H2,1-2H3. The SMILES string of the molecule is Cc1ccc(Cl)c(NCCc2nccn2C)c1. The summed E-state index contributed by atoms with van der Waals surface area (Å²) >= 11 is 6.10. The van der Waals surface area contributed by atoms with Crippen molar-refractivity contribution in [3.05, 3.63) is 47.0 Å². The topological polar surface area (TPSA) is 29.9 Å². The predicted molar refractivity (Wildman–Crippen MR) is 71.6 cm³/mol. The first kappa shape index (κ1) is 12.0. The molecule has 0 amide bonds. The first-order valence-electron chi connectivity index (χ1n) is 5.63. The molecule has 2 aromatic rings. The van der Waals surface area contributed by atoms with Crippen molar-refractivity contribution in [2.75, 3.05) is 11.9 Å². The Balaban J connectivity index is 1.94. The average molecular weight is 250 g/mol. The first-order valence-corrected chi connectivity index (χ1v) is 6.01. The van der Waals surface area contributed by atoms with Gasteiger partial charge in [-0.1, -0.05) is 17.7 Å². The highest BCUT2D eigenvalue weighted by molar-refractivity contribution is 6.33. The summed E-state index contributed by atoms with van der Waals surface area (Å²) in [5.41, 5.74) is 2.19. The lowest BCUT2D eigenvalue weighted by molar-refractivity contribution is 0.789. The van der Waals surface area contributed by atoms with Gasteiger partial charge in [0.15, 0.2) is 0 Å². The zero-order chi connectivity index (χ0) is 12.3. The molecule has 17 heavy (non-hydrogen) atoms. The molecule has 1 N–H and O–H groups in total. The molecule has 0 saturated heterocycles. The van der Waals surface area contributed by atoms with Crippen LogP contribution in [0.15, 0.2) is 30.6 Å². The monoisotopic (exact) mass is 249 g/mol. The van der Waals surface area contributed by atoms with Gasteiger partial charge in [-0.25, -0.2) is 4.98 Å². The molecule has 3 nitrogen and oxygen atoms in total. The number of rotatable bonds is 4. The number of aryl methyl sites for hydroxylation is 2. The number of hydrogen-bond donors (Lipinski definition) is 1. The van der Waals surface area contributed by atoms with Crippen molar-refractivity contribution in [3.63, 3.8) is 0 Å². The number of benzene rings is 1. The minimum absolute atomic E-state index is 0.760. The van der Waals surface area contributed by atoms with Gasteiger partial charge in [-0.3, -0.25) is 0 Å². The lowest BCUT2D eigenvalue weighted by atomic mass is 10.2. The van der Waals surface area contributed by atoms with Gasteiger partial charge in [-0.2, -0.15) is 0 Å². The van der Waals surface area contributed by atoms with Crippen molar-refractivity contribution in [2.45, 2.75) is 13.3 Å². The lowest BCUT2D eigenvalue weighted by Crippen LogP contribution is -2.08. The van der Waals surface area contributed by atoms with Gasteiger partial charge < -0.3 is 9.88 Å². The minimum atomic E-state index is 0.760. The normalized spacial score (nSPS) is 10.5. The van der Waals surface area contributed by atoms with Gasteiger partial charge in [0, 0.05) is 32.4 Å². The third-order valence-corrected chi connectivity index (χ3v) is 3.04. The number of imidazole rings is 1. The van der Waals surface area contributed by atoms with Gasteiger partial charge in [-0.05, 0) is 24.6 Å². The van der Waals surface area contributed by atoms with Gasteiger partial charge in [0.1, 0.15) is 5.82 Å². The third-order valence-electron chi connectivity index (χ3n) is 2.71. The quantitative estimate of drug-likeness (QED) is 0.903. The molecule has 0 unspecified atom stereocenters. The Hall–Kier alpha value is -1.48. The Kier molecular flexibility index (Phi) is 3.69. The summed E-state index contributed by atoms with van der Waals surface area (Å²) in [6.45, 7) is 2.88. The Bertz CT molecular complexity index is 505. The van der Waals surface area contributed by atoms with Crippen molar-refractivity contribution in [3.8, 4) is 0 Å². The fourth-order valence-corrected chi connectivity index (χ4v) is 1.91. The van der Waals surface area contributed by atoms with Crippen LogP contribution in [0, 0.1) is 6.92 Å². The van der Waals surface area contributed by atoms with E-state index in [1.165, 1.54) is 5.56 Å². The number of hydrogen-bond acceptors (Lipinski definition) is 2. The van der Waals surface area contributed by atoms with E-state index in [4.69, 9.17) is 11.6 Å². The molecule has 0 bridgehead atoms. The minimum Gasteiger partial charge on any atom is -0.383 e. The molecular formula is C13H16ClN3. The van der Waals surface area contributed by atoms with Crippen LogP contribution in [0.2, 0.25) is 5.02 Å². The number of nitrogens with zero attached hydrogens (tertiary/aromatic N) is 2. The van der Waals surface area contributed by atoms with Crippen LogP contribution < -0.4 is 5.32 Å². The van der Waals surface area contributed by atoms with E-state index in [2.05, 4.69) is 23.3 Å². The Morgan fingerprint density at radius 2 is 2.24 bits per heavy atom. The maximum atomic E-state index is 6.10. The summed E-state index contributed by atoms with van der Waals surface area (Å²) in [7, 11) is 2.00. The summed E-state index contributed by atoms with van der Waals surface area (Å²) in [5, 5.41) is 4.09. The predicted octanol–water partition coefficient (Wildman–Crippen LogP) is 3.04. The van der Waals surface area contributed by atoms with E-state index in [9.17, 15) is 0 Å². The molecule has 0 aliphatic heterocycles. The molecule has 1 aromatic heterocycles. The fourth-order valence-electron chi connectivity index (χ4n) is 1.72. The summed E-state index contributed by atoms with van der Waals surface area (Å²) in [6, 6.07) is 5.98. The van der Waals surface area contributed by atoms with Crippen molar-refractivity contribution in [1.29, 1.82) is 0 Å². The van der Waals surface area contributed by atoms with Crippen LogP contribution in [-0.4, -0.2) is 16.1 Å². The largest absolute Gasteiger partial charge is 0.383 e. The van der Waals surface area contributed by atoms with Gasteiger partial charge >= 0.3 is 0 Å². The Labute approximate surface area is 106 Å². The van der Waals surface area contributed by atoms with Crippen LogP contribution in [0.1, 0.15) is 11.4 Å². The molecule has 90 valence electrons. The van der Waals surface area contributed by atoms with E-state index in [0.717, 1.165) is 29.5 Å². The van der Waals surface area contributed by atoms with E-state index < -0.39 is 0 Å². The highest BCUT2D eigenvalue weighted by Crippen LogP contribution is 2.22. The molecule has 0 radical (unpaired) electrons. The molecule has 2 rings (SSSR count). The van der Waals surface area contributed by atoms with E-state index >= 15 is 0 Å². The summed E-state index contributed by atoms with van der Waals surface area (Å²) < 4.78 is 2.03. The highest BCUT2D eigenvalue weighted by atomic mass is 35.5. The molecular weight excluding hydrogens is 234 g/mol. The molecule has 4 heteroatoms. The molecule has 0 aliphatic rings. The van der Waals surface area contributed by atoms with Crippen molar-refractivity contribution in [2.24, 2.45) is 7.05 Å². The Morgan fingerprint density at radius 3 is 2.94 bits per heavy atom. The molecule has 0 atom stereocenters. The third kappa shape index (κ3) is 3.01. The molecule has 0 fully saturated rings. The van der Waals surface area contributed by atoms with Gasteiger partial charge in [0.25, 0.3) is 0 Å². The molecule has 0 spiro atoms. The summed E-state index contributed by atoms with van der Waals surface area (Å²) in [4.78, 5) is 4.28. The maximum Gasteiger partial charge on any atom is 0.110 e. The second-order valence-electron chi connectivity index (χ2n) is 4.11. The van der Waals surface area contributed by atoms with Crippen LogP contribution >= 0.6 is 11.6 Å². The number of aromatic nitrogens is 2. The van der Waals surface area contributed by atoms with Crippen molar-refractivity contribution in [1.82, 2.24) is 9.55 Å². The van der Waals surface area contributed by atoms with Crippen LogP contribution in [0.4, 0.5) is 5.69 Å². The zero-order valence-electron chi connectivity index (χ0n) is 10.1. The zero-order valence-corrected chi connectivity index (χ0v) is 10.8. The number of anilines is 1. The van der Waals surface area contributed by atoms with Crippen LogP contribution in [-0.2, 0) is 13.5 Å². The molecule has 1 aromatic carbocycles. The van der Waals surface area contributed by atoms with Crippen LogP contribution in [0.25, 0.3) is 0 Å². The van der Waals surface area contributed by atoms with E-state index in [-0.39, 0.29) is 0 Å². The second-order valence-corrected chi connectivity index (χ2v) is 4.52. The molecule has 0 saturated carbocycles. The Morgan fingerprint density at radius 1 is 1.41 bits per heavy atom. The second kappa shape index (κ2) is 5.23. The van der Waals surface area contributed by atoms with Crippen LogP contribution in [0.3, 0.4) is 0 Å². The first-order chi connectivity index (χ1) is 8.16. The van der Waals surface area contributed by atoms with Crippen LogP contribution in [0.5, 0.6) is 0 Å². The molecule has 1 heterocycles. The average Bonchev–Trinajstić information content (AvgIpc) is 2.70. The maximum absolute atomic E-state index is 6.10. The fraction of sp³-hybridized carbons (Fsp3) is 0.308. The highest BCUT2D eigenvalue weighted by Gasteiger charge is 2.01. The number of nitrogens with one attached hydrogen (secondary N) is 1. The van der Waals surface area contributed by atoms with Gasteiger partial charge in [0.2, 0.25) is 0 Å². The molecule has 0 aliphatic carbocycles. The smallest absolute Gasteiger partial charge is 0.110 e. The van der Waals surface area contributed by atoms with E-state index in [1.807, 2.05) is 36.1 Å². The van der Waals surface area contributed by atoms with E-state index in [1.54, 1.807) is 0 Å². The van der Waals surface area contributed by atoms with Crippen molar-refractivity contribution >= 4 is 17.3 Å². The summed E-state index contributed by atoms with van der Waals surface area (Å²) in [5.74, 6) is 1.07. The van der Waals surface area contributed by atoms with E-state index in [0.29, 0.717) is 0 Å². The van der Waals surface area contributed by atoms with Crippen molar-refractivity contribution < 1.29 is 0 Å². The van der Waals surface area contributed by atoms with Gasteiger partial charge in [-0.15, -0.1) is 0 Å².